The van der Waals surface area contributed by atoms with Gasteiger partial charge in [-0.1, -0.05) is 51.1 Å². The fraction of sp³-hybridized carbons (Fsp3) is 0.450. The van der Waals surface area contributed by atoms with E-state index in [1.54, 1.807) is 4.90 Å². The number of aliphatic hydroxyl groups is 1. The summed E-state index contributed by atoms with van der Waals surface area (Å²) in [6.07, 6.45) is 0. The highest BCUT2D eigenvalue weighted by molar-refractivity contribution is 5.89. The van der Waals surface area contributed by atoms with Crippen molar-refractivity contribution in [1.29, 1.82) is 0 Å². The van der Waals surface area contributed by atoms with Gasteiger partial charge in [-0.2, -0.15) is 0 Å². The van der Waals surface area contributed by atoms with Crippen molar-refractivity contribution in [3.8, 4) is 5.75 Å². The van der Waals surface area contributed by atoms with Crippen LogP contribution in [0.2, 0.25) is 0 Å². The van der Waals surface area contributed by atoms with Crippen molar-refractivity contribution in [3.05, 3.63) is 42.0 Å². The summed E-state index contributed by atoms with van der Waals surface area (Å²) in [5, 5.41) is 12.1. The molecule has 2 aromatic rings. The van der Waals surface area contributed by atoms with Crippen LogP contribution in [0.5, 0.6) is 5.75 Å². The molecule has 4 heteroatoms. The second kappa shape index (κ2) is 6.10. The Balaban J connectivity index is 2.18. The lowest BCUT2D eigenvalue weighted by molar-refractivity contribution is -0.142. The number of fused-ring (bicyclic) bond motifs is 3. The number of benzene rings is 2. The van der Waals surface area contributed by atoms with E-state index in [0.717, 1.165) is 22.1 Å². The molecule has 0 aliphatic carbocycles. The van der Waals surface area contributed by atoms with E-state index in [1.807, 2.05) is 52.1 Å². The van der Waals surface area contributed by atoms with E-state index in [-0.39, 0.29) is 24.5 Å². The number of carbonyl (C=O) groups excluding carboxylic acids is 1. The number of carbonyl (C=O) groups is 1. The van der Waals surface area contributed by atoms with E-state index in [4.69, 9.17) is 4.74 Å². The Hall–Kier alpha value is -2.07. The van der Waals surface area contributed by atoms with Crippen molar-refractivity contribution in [2.24, 2.45) is 11.3 Å². The molecule has 0 fully saturated rings. The van der Waals surface area contributed by atoms with E-state index in [1.165, 1.54) is 0 Å². The highest BCUT2D eigenvalue weighted by atomic mass is 16.5. The molecule has 1 aliphatic heterocycles. The molecule has 1 heterocycles. The Labute approximate surface area is 143 Å². The highest BCUT2D eigenvalue weighted by Gasteiger charge is 2.39. The molecule has 1 amide bonds. The van der Waals surface area contributed by atoms with Crippen molar-refractivity contribution >= 4 is 16.7 Å². The van der Waals surface area contributed by atoms with Crippen LogP contribution in [0.25, 0.3) is 10.8 Å². The molecule has 128 valence electrons. The number of amides is 1. The molecule has 0 saturated carbocycles. The van der Waals surface area contributed by atoms with Crippen LogP contribution < -0.4 is 4.74 Å². The maximum atomic E-state index is 12.9. The first-order valence-electron chi connectivity index (χ1n) is 8.37. The van der Waals surface area contributed by atoms with Crippen LogP contribution in [0.3, 0.4) is 0 Å². The fourth-order valence-corrected chi connectivity index (χ4v) is 3.55. The summed E-state index contributed by atoms with van der Waals surface area (Å²) < 4.78 is 5.88. The lowest BCUT2D eigenvalue weighted by Gasteiger charge is -2.41. The van der Waals surface area contributed by atoms with Gasteiger partial charge in [0.05, 0.1) is 19.3 Å². The van der Waals surface area contributed by atoms with Gasteiger partial charge in [-0.05, 0) is 16.8 Å². The van der Waals surface area contributed by atoms with Crippen LogP contribution in [-0.4, -0.2) is 36.2 Å². The largest absolute Gasteiger partial charge is 0.493 e. The van der Waals surface area contributed by atoms with Gasteiger partial charge in [0.2, 0.25) is 5.91 Å². The zero-order valence-corrected chi connectivity index (χ0v) is 14.7. The van der Waals surface area contributed by atoms with Crippen molar-refractivity contribution < 1.29 is 14.6 Å². The topological polar surface area (TPSA) is 49.8 Å². The maximum Gasteiger partial charge on any atom is 0.228 e. The molecule has 1 aliphatic rings. The average Bonchev–Trinajstić information content (AvgIpc) is 2.58. The number of ether oxygens (including phenoxy) is 1. The van der Waals surface area contributed by atoms with E-state index < -0.39 is 5.41 Å². The van der Waals surface area contributed by atoms with E-state index in [0.29, 0.717) is 6.61 Å². The molecular weight excluding hydrogens is 302 g/mol. The van der Waals surface area contributed by atoms with Crippen LogP contribution in [0.1, 0.15) is 32.4 Å². The molecule has 0 bridgehead atoms. The molecule has 1 N–H and O–H groups in total. The molecule has 0 aromatic heterocycles. The fourth-order valence-electron chi connectivity index (χ4n) is 3.55. The zero-order chi connectivity index (χ0) is 17.5. The van der Waals surface area contributed by atoms with Gasteiger partial charge in [0.1, 0.15) is 5.75 Å². The van der Waals surface area contributed by atoms with Crippen LogP contribution >= 0.6 is 0 Å². The zero-order valence-electron chi connectivity index (χ0n) is 14.7. The minimum absolute atomic E-state index is 0.0188. The van der Waals surface area contributed by atoms with Gasteiger partial charge in [0, 0.05) is 23.9 Å². The second-order valence-corrected chi connectivity index (χ2v) is 7.56. The predicted octanol–water partition coefficient (Wildman–Crippen LogP) is 3.39. The third-order valence-corrected chi connectivity index (χ3v) is 4.74. The Morgan fingerprint density at radius 3 is 2.62 bits per heavy atom. The summed E-state index contributed by atoms with van der Waals surface area (Å²) in [5.74, 6) is 0.725. The van der Waals surface area contributed by atoms with Gasteiger partial charge < -0.3 is 14.7 Å². The standard InChI is InChI=1S/C20H25NO3/c1-20(2,3)19(23)21(4)18-14(11-22)12-24-16-10-9-13-7-5-6-8-15(13)17(16)18/h5-10,14,18,22H,11-12H2,1-4H3/t14-,18-/m0/s1. The summed E-state index contributed by atoms with van der Waals surface area (Å²) in [6, 6.07) is 11.9. The summed E-state index contributed by atoms with van der Waals surface area (Å²) in [6.45, 7) is 6.15. The minimum Gasteiger partial charge on any atom is -0.493 e. The van der Waals surface area contributed by atoms with Gasteiger partial charge in [0.15, 0.2) is 0 Å². The van der Waals surface area contributed by atoms with Gasteiger partial charge in [-0.25, -0.2) is 0 Å². The Morgan fingerprint density at radius 1 is 1.25 bits per heavy atom. The number of nitrogens with zero attached hydrogens (tertiary/aromatic N) is 1. The van der Waals surface area contributed by atoms with Gasteiger partial charge in [-0.3, -0.25) is 4.79 Å². The number of aliphatic hydroxyl groups excluding tert-OH is 1. The maximum absolute atomic E-state index is 12.9. The SMILES string of the molecule is CN(C(=O)C(C)(C)C)[C@@H]1c2c(ccc3ccccc23)OC[C@@H]1CO. The Bertz CT molecular complexity index is 763. The quantitative estimate of drug-likeness (QED) is 0.920. The average molecular weight is 327 g/mol. The predicted molar refractivity (Wildman–Crippen MR) is 95.0 cm³/mol. The molecule has 2 atom stereocenters. The minimum atomic E-state index is -0.474. The van der Waals surface area contributed by atoms with Gasteiger partial charge in [-0.15, -0.1) is 0 Å². The summed E-state index contributed by atoms with van der Waals surface area (Å²) >= 11 is 0. The molecule has 24 heavy (non-hydrogen) atoms. The molecule has 3 rings (SSSR count). The first kappa shape index (κ1) is 16.8. The number of hydrogen-bond acceptors (Lipinski definition) is 3. The first-order chi connectivity index (χ1) is 11.3. The smallest absolute Gasteiger partial charge is 0.228 e. The van der Waals surface area contributed by atoms with Crippen LogP contribution in [0.15, 0.2) is 36.4 Å². The molecule has 2 aromatic carbocycles. The van der Waals surface area contributed by atoms with Crippen molar-refractivity contribution in [2.45, 2.75) is 26.8 Å². The van der Waals surface area contributed by atoms with Gasteiger partial charge >= 0.3 is 0 Å². The van der Waals surface area contributed by atoms with Crippen molar-refractivity contribution in [3.63, 3.8) is 0 Å². The molecule has 0 unspecified atom stereocenters. The van der Waals surface area contributed by atoms with Crippen LogP contribution in [0, 0.1) is 11.3 Å². The third kappa shape index (κ3) is 2.75. The van der Waals surface area contributed by atoms with Crippen LogP contribution in [0.4, 0.5) is 0 Å². The molecular formula is C20H25NO3. The number of hydrogen-bond donors (Lipinski definition) is 1. The van der Waals surface area contributed by atoms with E-state index >= 15 is 0 Å². The van der Waals surface area contributed by atoms with E-state index in [2.05, 4.69) is 12.1 Å². The molecule has 0 saturated heterocycles. The normalized spacial score (nSPS) is 20.4. The molecule has 0 spiro atoms. The Kier molecular flexibility index (Phi) is 4.26. The van der Waals surface area contributed by atoms with Gasteiger partial charge in [0.25, 0.3) is 0 Å². The summed E-state index contributed by atoms with van der Waals surface area (Å²) in [5.41, 5.74) is 0.524. The number of rotatable bonds is 2. The van der Waals surface area contributed by atoms with E-state index in [9.17, 15) is 9.90 Å². The summed E-state index contributed by atoms with van der Waals surface area (Å²) in [7, 11) is 1.83. The first-order valence-corrected chi connectivity index (χ1v) is 8.37. The lowest BCUT2D eigenvalue weighted by atomic mass is 9.85. The van der Waals surface area contributed by atoms with Crippen molar-refractivity contribution in [2.75, 3.05) is 20.3 Å². The van der Waals surface area contributed by atoms with Crippen LogP contribution in [-0.2, 0) is 4.79 Å². The molecule has 4 nitrogen and oxygen atoms in total. The monoisotopic (exact) mass is 327 g/mol. The lowest BCUT2D eigenvalue weighted by Crippen LogP contribution is -2.45. The third-order valence-electron chi connectivity index (χ3n) is 4.74. The van der Waals surface area contributed by atoms with Crippen molar-refractivity contribution in [1.82, 2.24) is 4.90 Å². The highest BCUT2D eigenvalue weighted by Crippen LogP contribution is 2.43. The second-order valence-electron chi connectivity index (χ2n) is 7.56. The summed E-state index contributed by atoms with van der Waals surface area (Å²) in [4.78, 5) is 14.7. The Morgan fingerprint density at radius 2 is 1.96 bits per heavy atom. The molecule has 0 radical (unpaired) electrons.